The van der Waals surface area contributed by atoms with Crippen molar-refractivity contribution in [3.63, 3.8) is 0 Å². The highest BCUT2D eigenvalue weighted by atomic mass is 79.9. The summed E-state index contributed by atoms with van der Waals surface area (Å²) < 4.78 is 1.12. The van der Waals surface area contributed by atoms with E-state index in [1.807, 2.05) is 14.0 Å². The Balaban J connectivity index is 2.22. The van der Waals surface area contributed by atoms with Gasteiger partial charge in [0.25, 0.3) is 0 Å². The molecule has 1 N–H and O–H groups in total. The fraction of sp³-hybridized carbons (Fsp3) is 0.312. The zero-order chi connectivity index (χ0) is 13.8. The van der Waals surface area contributed by atoms with Crippen LogP contribution < -0.4 is 5.32 Å². The van der Waals surface area contributed by atoms with Gasteiger partial charge in [0.15, 0.2) is 0 Å². The molecular formula is C16H19BrN2. The van der Waals surface area contributed by atoms with E-state index in [0.29, 0.717) is 6.04 Å². The third-order valence-corrected chi connectivity index (χ3v) is 3.87. The van der Waals surface area contributed by atoms with Crippen molar-refractivity contribution >= 4 is 15.9 Å². The fourth-order valence-electron chi connectivity index (χ4n) is 2.29. The van der Waals surface area contributed by atoms with Crippen molar-refractivity contribution in [3.8, 4) is 0 Å². The van der Waals surface area contributed by atoms with E-state index < -0.39 is 0 Å². The first-order valence-corrected chi connectivity index (χ1v) is 7.25. The summed E-state index contributed by atoms with van der Waals surface area (Å²) in [5.41, 5.74) is 4.77. The number of pyridine rings is 1. The minimum atomic E-state index is 0.300. The van der Waals surface area contributed by atoms with Crippen molar-refractivity contribution in [2.24, 2.45) is 0 Å². The van der Waals surface area contributed by atoms with Gasteiger partial charge in [-0.15, -0.1) is 0 Å². The topological polar surface area (TPSA) is 24.9 Å². The van der Waals surface area contributed by atoms with E-state index in [-0.39, 0.29) is 0 Å². The lowest BCUT2D eigenvalue weighted by Gasteiger charge is -2.19. The number of aryl methyl sites for hydroxylation is 2. The molecule has 3 heteroatoms. The number of likely N-dealkylation sites (N-methyl/N-ethyl adjacent to an activating group) is 1. The number of benzene rings is 1. The molecule has 100 valence electrons. The van der Waals surface area contributed by atoms with Crippen molar-refractivity contribution < 1.29 is 0 Å². The Bertz CT molecular complexity index is 549. The van der Waals surface area contributed by atoms with Crippen LogP contribution in [0.4, 0.5) is 0 Å². The first-order valence-electron chi connectivity index (χ1n) is 6.46. The molecule has 0 aliphatic rings. The average molecular weight is 319 g/mol. The Hall–Kier alpha value is -1.19. The lowest BCUT2D eigenvalue weighted by atomic mass is 9.98. The smallest absolute Gasteiger partial charge is 0.0423 e. The number of nitrogens with one attached hydrogen (secondary N) is 1. The molecule has 1 aromatic carbocycles. The second-order valence-electron chi connectivity index (χ2n) is 4.80. The SMILES string of the molecule is CNC(Cc1ccc(Br)cc1)c1ccc(C)nc1C. The third kappa shape index (κ3) is 3.64. The van der Waals surface area contributed by atoms with Gasteiger partial charge < -0.3 is 5.32 Å². The maximum Gasteiger partial charge on any atom is 0.0423 e. The zero-order valence-electron chi connectivity index (χ0n) is 11.6. The van der Waals surface area contributed by atoms with Gasteiger partial charge in [0.2, 0.25) is 0 Å². The van der Waals surface area contributed by atoms with Crippen molar-refractivity contribution in [1.82, 2.24) is 10.3 Å². The highest BCUT2D eigenvalue weighted by Gasteiger charge is 2.13. The summed E-state index contributed by atoms with van der Waals surface area (Å²) in [6.07, 6.45) is 0.968. The quantitative estimate of drug-likeness (QED) is 0.922. The molecule has 0 aliphatic heterocycles. The Morgan fingerprint density at radius 1 is 1.11 bits per heavy atom. The average Bonchev–Trinajstić information content (AvgIpc) is 2.39. The summed E-state index contributed by atoms with van der Waals surface area (Å²) >= 11 is 3.47. The predicted molar refractivity (Wildman–Crippen MR) is 83.4 cm³/mol. The molecule has 1 atom stereocenters. The van der Waals surface area contributed by atoms with Crippen LogP contribution in [0, 0.1) is 13.8 Å². The van der Waals surface area contributed by atoms with Crippen molar-refractivity contribution in [1.29, 1.82) is 0 Å². The van der Waals surface area contributed by atoms with Gasteiger partial charge in [0.05, 0.1) is 0 Å². The molecule has 2 nitrogen and oxygen atoms in total. The summed E-state index contributed by atoms with van der Waals surface area (Å²) in [4.78, 5) is 4.55. The lowest BCUT2D eigenvalue weighted by Crippen LogP contribution is -2.20. The van der Waals surface area contributed by atoms with Crippen LogP contribution in [0.2, 0.25) is 0 Å². The summed E-state index contributed by atoms with van der Waals surface area (Å²) in [5.74, 6) is 0. The van der Waals surface area contributed by atoms with Crippen molar-refractivity contribution in [3.05, 3.63) is 63.4 Å². The van der Waals surface area contributed by atoms with Crippen LogP contribution in [-0.2, 0) is 6.42 Å². The van der Waals surface area contributed by atoms with E-state index in [0.717, 1.165) is 22.3 Å². The van der Waals surface area contributed by atoms with Crippen LogP contribution in [0.15, 0.2) is 40.9 Å². The molecule has 19 heavy (non-hydrogen) atoms. The highest BCUT2D eigenvalue weighted by molar-refractivity contribution is 9.10. The van der Waals surface area contributed by atoms with Gasteiger partial charge in [-0.1, -0.05) is 34.1 Å². The van der Waals surface area contributed by atoms with E-state index in [1.54, 1.807) is 0 Å². The van der Waals surface area contributed by atoms with Crippen molar-refractivity contribution in [2.45, 2.75) is 26.3 Å². The summed E-state index contributed by atoms with van der Waals surface area (Å²) in [6, 6.07) is 13.0. The minimum absolute atomic E-state index is 0.300. The molecule has 2 aromatic rings. The molecule has 0 bridgehead atoms. The number of rotatable bonds is 4. The molecule has 1 heterocycles. The molecule has 0 amide bonds. The first-order chi connectivity index (χ1) is 9.10. The number of hydrogen-bond donors (Lipinski definition) is 1. The monoisotopic (exact) mass is 318 g/mol. The molecule has 0 saturated carbocycles. The maximum atomic E-state index is 4.55. The molecule has 2 rings (SSSR count). The lowest BCUT2D eigenvalue weighted by molar-refractivity contribution is 0.585. The number of nitrogens with zero attached hydrogens (tertiary/aromatic N) is 1. The highest BCUT2D eigenvalue weighted by Crippen LogP contribution is 2.21. The van der Waals surface area contributed by atoms with Crippen LogP contribution in [0.25, 0.3) is 0 Å². The maximum absolute atomic E-state index is 4.55. The Kier molecular flexibility index (Phi) is 4.72. The van der Waals surface area contributed by atoms with Crippen LogP contribution in [0.5, 0.6) is 0 Å². The largest absolute Gasteiger partial charge is 0.313 e. The molecule has 0 spiro atoms. The van der Waals surface area contributed by atoms with E-state index >= 15 is 0 Å². The number of hydrogen-bond acceptors (Lipinski definition) is 2. The number of aromatic nitrogens is 1. The Labute approximate surface area is 123 Å². The molecule has 1 unspecified atom stereocenters. The normalized spacial score (nSPS) is 12.4. The van der Waals surface area contributed by atoms with Gasteiger partial charge in [0, 0.05) is 21.9 Å². The Morgan fingerprint density at radius 3 is 2.37 bits per heavy atom. The predicted octanol–water partition coefficient (Wildman–Crippen LogP) is 3.96. The van der Waals surface area contributed by atoms with Crippen LogP contribution in [0.1, 0.15) is 28.6 Å². The second kappa shape index (κ2) is 6.31. The number of halogens is 1. The van der Waals surface area contributed by atoms with Crippen LogP contribution in [-0.4, -0.2) is 12.0 Å². The summed E-state index contributed by atoms with van der Waals surface area (Å²) in [5, 5.41) is 3.39. The molecule has 0 aliphatic carbocycles. The zero-order valence-corrected chi connectivity index (χ0v) is 13.2. The van der Waals surface area contributed by atoms with E-state index in [4.69, 9.17) is 0 Å². The van der Waals surface area contributed by atoms with E-state index in [9.17, 15) is 0 Å². The van der Waals surface area contributed by atoms with Gasteiger partial charge in [-0.05, 0) is 56.6 Å². The van der Waals surface area contributed by atoms with E-state index in [2.05, 4.69) is 69.6 Å². The third-order valence-electron chi connectivity index (χ3n) is 3.34. The van der Waals surface area contributed by atoms with Gasteiger partial charge in [-0.3, -0.25) is 4.98 Å². The molecule has 1 aromatic heterocycles. The molecule has 0 radical (unpaired) electrons. The summed E-state index contributed by atoms with van der Waals surface area (Å²) in [7, 11) is 2.00. The van der Waals surface area contributed by atoms with Gasteiger partial charge in [-0.2, -0.15) is 0 Å². The van der Waals surface area contributed by atoms with Crippen LogP contribution >= 0.6 is 15.9 Å². The minimum Gasteiger partial charge on any atom is -0.313 e. The van der Waals surface area contributed by atoms with Crippen molar-refractivity contribution in [2.75, 3.05) is 7.05 Å². The molecule has 0 fully saturated rings. The molecular weight excluding hydrogens is 300 g/mol. The first kappa shape index (κ1) is 14.2. The van der Waals surface area contributed by atoms with Crippen LogP contribution in [0.3, 0.4) is 0 Å². The summed E-state index contributed by atoms with van der Waals surface area (Å²) in [6.45, 7) is 4.11. The molecule has 0 saturated heterocycles. The Morgan fingerprint density at radius 2 is 1.79 bits per heavy atom. The van der Waals surface area contributed by atoms with Gasteiger partial charge >= 0.3 is 0 Å². The fourth-order valence-corrected chi connectivity index (χ4v) is 2.55. The van der Waals surface area contributed by atoms with Gasteiger partial charge in [0.1, 0.15) is 0 Å². The second-order valence-corrected chi connectivity index (χ2v) is 5.71. The van der Waals surface area contributed by atoms with Gasteiger partial charge in [-0.25, -0.2) is 0 Å². The van der Waals surface area contributed by atoms with E-state index in [1.165, 1.54) is 11.1 Å². The standard InChI is InChI=1S/C16H19BrN2/c1-11-4-9-15(12(2)19-11)16(18-3)10-13-5-7-14(17)8-6-13/h4-9,16,18H,10H2,1-3H3.